The van der Waals surface area contributed by atoms with Crippen LogP contribution in [0.5, 0.6) is 0 Å². The van der Waals surface area contributed by atoms with Crippen LogP contribution in [0.4, 0.5) is 4.79 Å². The minimum atomic E-state index is -0.412. The van der Waals surface area contributed by atoms with E-state index < -0.39 is 5.37 Å². The van der Waals surface area contributed by atoms with E-state index in [2.05, 4.69) is 0 Å². The molecule has 0 fully saturated rings. The van der Waals surface area contributed by atoms with Crippen molar-refractivity contribution in [3.63, 3.8) is 0 Å². The molecule has 0 radical (unpaired) electrons. The van der Waals surface area contributed by atoms with Crippen molar-refractivity contribution < 1.29 is 9.53 Å². The Balaban J connectivity index is 3.52. The van der Waals surface area contributed by atoms with Gasteiger partial charge in [-0.1, -0.05) is 0 Å². The molecule has 0 atom stereocenters. The molecule has 0 spiro atoms. The van der Waals surface area contributed by atoms with Gasteiger partial charge in [0.05, 0.1) is 12.7 Å². The third kappa shape index (κ3) is 5.38. The lowest BCUT2D eigenvalue weighted by Crippen LogP contribution is -2.30. The number of halogens is 1. The van der Waals surface area contributed by atoms with Crippen molar-refractivity contribution >= 4 is 17.0 Å². The van der Waals surface area contributed by atoms with E-state index in [0.717, 1.165) is 0 Å². The van der Waals surface area contributed by atoms with E-state index in [4.69, 9.17) is 16.3 Å². The van der Waals surface area contributed by atoms with Crippen LogP contribution in [-0.2, 0) is 4.74 Å². The number of likely N-dealkylation sites (N-methyl/N-ethyl adjacent to an activating group) is 1. The summed E-state index contributed by atoms with van der Waals surface area (Å²) in [7, 11) is 0. The molecule has 0 aromatic rings. The minimum Gasteiger partial charge on any atom is -0.377 e. The number of rotatable bonds is 5. The zero-order valence-corrected chi connectivity index (χ0v) is 8.60. The molecule has 0 aliphatic carbocycles. The summed E-state index contributed by atoms with van der Waals surface area (Å²) < 4.78 is 5.27. The Morgan fingerprint density at radius 1 is 1.58 bits per heavy atom. The molecule has 1 amide bonds. The summed E-state index contributed by atoms with van der Waals surface area (Å²) in [5, 5.41) is -0.412. The highest BCUT2D eigenvalue weighted by Gasteiger charge is 2.07. The Morgan fingerprint density at radius 2 is 2.17 bits per heavy atom. The summed E-state index contributed by atoms with van der Waals surface area (Å²) in [6.07, 6.45) is 0.203. The maximum atomic E-state index is 10.7. The monoisotopic (exact) mass is 193 g/mol. The van der Waals surface area contributed by atoms with Gasteiger partial charge in [-0.3, -0.25) is 4.79 Å². The summed E-state index contributed by atoms with van der Waals surface area (Å²) >= 11 is 5.29. The second kappa shape index (κ2) is 6.26. The molecule has 0 unspecified atom stereocenters. The van der Waals surface area contributed by atoms with Crippen molar-refractivity contribution in [3.05, 3.63) is 0 Å². The fourth-order valence-corrected chi connectivity index (χ4v) is 0.973. The van der Waals surface area contributed by atoms with Gasteiger partial charge in [0.2, 0.25) is 0 Å². The number of amides is 1. The van der Waals surface area contributed by atoms with Gasteiger partial charge in [0.25, 0.3) is 0 Å². The van der Waals surface area contributed by atoms with Crippen molar-refractivity contribution in [2.75, 3.05) is 19.7 Å². The van der Waals surface area contributed by atoms with E-state index in [1.807, 2.05) is 20.8 Å². The largest absolute Gasteiger partial charge is 0.377 e. The smallest absolute Gasteiger partial charge is 0.316 e. The standard InChI is InChI=1S/C8H16ClNO2/c1-4-10(8(9)11)5-6-12-7(2)3/h7H,4-6H2,1-3H3. The summed E-state index contributed by atoms with van der Waals surface area (Å²) in [5.74, 6) is 0. The highest BCUT2D eigenvalue weighted by Crippen LogP contribution is 1.96. The van der Waals surface area contributed by atoms with Crippen LogP contribution >= 0.6 is 11.6 Å². The highest BCUT2D eigenvalue weighted by atomic mass is 35.5. The van der Waals surface area contributed by atoms with Gasteiger partial charge in [-0.25, -0.2) is 0 Å². The lowest BCUT2D eigenvalue weighted by atomic mass is 10.5. The first kappa shape index (κ1) is 11.7. The fraction of sp³-hybridized carbons (Fsp3) is 0.875. The predicted octanol–water partition coefficient (Wildman–Crippen LogP) is 2.09. The van der Waals surface area contributed by atoms with Crippen LogP contribution in [0, 0.1) is 0 Å². The van der Waals surface area contributed by atoms with Gasteiger partial charge in [0.1, 0.15) is 0 Å². The third-order valence-electron chi connectivity index (χ3n) is 1.44. The van der Waals surface area contributed by atoms with Crippen molar-refractivity contribution in [2.24, 2.45) is 0 Å². The molecule has 72 valence electrons. The number of carbonyl (C=O) groups is 1. The molecule has 0 bridgehead atoms. The third-order valence-corrected chi connectivity index (χ3v) is 1.68. The number of hydrogen-bond donors (Lipinski definition) is 0. The van der Waals surface area contributed by atoms with Crippen LogP contribution in [0.3, 0.4) is 0 Å². The molecular weight excluding hydrogens is 178 g/mol. The maximum absolute atomic E-state index is 10.7. The Morgan fingerprint density at radius 3 is 2.50 bits per heavy atom. The molecular formula is C8H16ClNO2. The van der Waals surface area contributed by atoms with Crippen molar-refractivity contribution in [2.45, 2.75) is 26.9 Å². The highest BCUT2D eigenvalue weighted by molar-refractivity contribution is 6.62. The first-order chi connectivity index (χ1) is 5.57. The first-order valence-corrected chi connectivity index (χ1v) is 4.51. The van der Waals surface area contributed by atoms with Gasteiger partial charge in [-0.15, -0.1) is 0 Å². The molecule has 3 nitrogen and oxygen atoms in total. The van der Waals surface area contributed by atoms with Crippen LogP contribution < -0.4 is 0 Å². The summed E-state index contributed by atoms with van der Waals surface area (Å²) in [4.78, 5) is 12.2. The van der Waals surface area contributed by atoms with E-state index in [-0.39, 0.29) is 6.10 Å². The SMILES string of the molecule is CCN(CCOC(C)C)C(=O)Cl. The first-order valence-electron chi connectivity index (χ1n) is 4.14. The summed E-state index contributed by atoms with van der Waals surface area (Å²) in [6, 6.07) is 0. The molecule has 0 saturated carbocycles. The molecule has 0 aromatic heterocycles. The molecule has 12 heavy (non-hydrogen) atoms. The van der Waals surface area contributed by atoms with Crippen molar-refractivity contribution in [1.82, 2.24) is 4.90 Å². The Bertz CT molecular complexity index is 139. The molecule has 0 heterocycles. The van der Waals surface area contributed by atoms with E-state index >= 15 is 0 Å². The second-order valence-corrected chi connectivity index (χ2v) is 3.08. The fourth-order valence-electron chi connectivity index (χ4n) is 0.769. The van der Waals surface area contributed by atoms with Crippen LogP contribution in [0.25, 0.3) is 0 Å². The van der Waals surface area contributed by atoms with E-state index in [9.17, 15) is 4.79 Å². The maximum Gasteiger partial charge on any atom is 0.316 e. The van der Waals surface area contributed by atoms with Crippen LogP contribution in [-0.4, -0.2) is 36.1 Å². The molecule has 0 rings (SSSR count). The van der Waals surface area contributed by atoms with Gasteiger partial charge >= 0.3 is 5.37 Å². The minimum absolute atomic E-state index is 0.203. The summed E-state index contributed by atoms with van der Waals surface area (Å²) in [5.41, 5.74) is 0. The zero-order chi connectivity index (χ0) is 9.56. The Hall–Kier alpha value is -0.280. The van der Waals surface area contributed by atoms with E-state index in [1.54, 1.807) is 0 Å². The Kier molecular flexibility index (Phi) is 6.11. The van der Waals surface area contributed by atoms with E-state index in [1.165, 1.54) is 4.90 Å². The van der Waals surface area contributed by atoms with Gasteiger partial charge < -0.3 is 9.64 Å². The van der Waals surface area contributed by atoms with E-state index in [0.29, 0.717) is 19.7 Å². The Labute approximate surface area is 78.6 Å². The lowest BCUT2D eigenvalue weighted by Gasteiger charge is -2.17. The van der Waals surface area contributed by atoms with Gasteiger partial charge in [-0.05, 0) is 32.4 Å². The molecule has 0 saturated heterocycles. The second-order valence-electron chi connectivity index (χ2n) is 2.75. The van der Waals surface area contributed by atoms with Crippen LogP contribution in [0.1, 0.15) is 20.8 Å². The topological polar surface area (TPSA) is 29.5 Å². The molecule has 4 heteroatoms. The molecule has 0 aliphatic heterocycles. The molecule has 0 aliphatic rings. The zero-order valence-electron chi connectivity index (χ0n) is 7.84. The quantitative estimate of drug-likeness (QED) is 0.494. The average molecular weight is 194 g/mol. The number of carbonyl (C=O) groups excluding carboxylic acids is 1. The number of nitrogens with zero attached hydrogens (tertiary/aromatic N) is 1. The van der Waals surface area contributed by atoms with Gasteiger partial charge in [0.15, 0.2) is 0 Å². The van der Waals surface area contributed by atoms with Gasteiger partial charge in [-0.2, -0.15) is 0 Å². The van der Waals surface area contributed by atoms with Crippen molar-refractivity contribution in [1.29, 1.82) is 0 Å². The number of hydrogen-bond acceptors (Lipinski definition) is 2. The normalized spacial score (nSPS) is 10.4. The predicted molar refractivity (Wildman–Crippen MR) is 49.6 cm³/mol. The summed E-state index contributed by atoms with van der Waals surface area (Å²) in [6.45, 7) is 7.54. The van der Waals surface area contributed by atoms with Crippen molar-refractivity contribution in [3.8, 4) is 0 Å². The number of ether oxygens (including phenoxy) is 1. The molecule has 0 aromatic carbocycles. The van der Waals surface area contributed by atoms with Crippen LogP contribution in [0.15, 0.2) is 0 Å². The lowest BCUT2D eigenvalue weighted by molar-refractivity contribution is 0.0674. The van der Waals surface area contributed by atoms with Crippen LogP contribution in [0.2, 0.25) is 0 Å². The van der Waals surface area contributed by atoms with Gasteiger partial charge in [0, 0.05) is 13.1 Å². The average Bonchev–Trinajstić information content (AvgIpc) is 1.96. The molecule has 0 N–H and O–H groups in total.